The summed E-state index contributed by atoms with van der Waals surface area (Å²) in [6.07, 6.45) is 5.75. The highest BCUT2D eigenvalue weighted by Gasteiger charge is 2.15. The number of hydrogen-bond acceptors (Lipinski definition) is 3. The topological polar surface area (TPSA) is 73.2 Å². The van der Waals surface area contributed by atoms with E-state index in [1.165, 1.54) is 12.1 Å². The fourth-order valence-corrected chi connectivity index (χ4v) is 4.00. The molecule has 0 radical (unpaired) electrons. The lowest BCUT2D eigenvalue weighted by Crippen LogP contribution is -2.23. The molecule has 8 heteroatoms. The molecule has 5 aromatic rings. The molecule has 5 rings (SSSR count). The summed E-state index contributed by atoms with van der Waals surface area (Å²) in [4.78, 5) is 0. The van der Waals surface area contributed by atoms with Crippen molar-refractivity contribution in [1.82, 2.24) is 19.8 Å². The zero-order valence-electron chi connectivity index (χ0n) is 18.1. The smallest absolute Gasteiger partial charge is 0.184 e. The Balaban J connectivity index is 1.59. The van der Waals surface area contributed by atoms with Crippen molar-refractivity contribution in [3.63, 3.8) is 0 Å². The zero-order valence-corrected chi connectivity index (χ0v) is 18.9. The Morgan fingerprint density at radius 3 is 2.50 bits per heavy atom. The quantitative estimate of drug-likeness (QED) is 0.212. The van der Waals surface area contributed by atoms with E-state index in [2.05, 4.69) is 21.2 Å². The van der Waals surface area contributed by atoms with Gasteiger partial charge in [-0.05, 0) is 54.7 Å². The SMILES string of the molecule is NC(=S)N/N=C/c1cn(Cc2cn(-c3ccccc3)nc2-c2ccc(F)cc2)c2ccccc12. The van der Waals surface area contributed by atoms with E-state index in [1.807, 2.05) is 65.6 Å². The second-order valence-corrected chi connectivity index (χ2v) is 8.19. The molecule has 0 aliphatic heterocycles. The van der Waals surface area contributed by atoms with Crippen LogP contribution in [0.5, 0.6) is 0 Å². The first kappa shape index (κ1) is 21.5. The molecule has 0 fully saturated rings. The van der Waals surface area contributed by atoms with Crippen LogP contribution in [-0.2, 0) is 6.54 Å². The molecule has 0 amide bonds. The van der Waals surface area contributed by atoms with Crippen molar-refractivity contribution in [2.45, 2.75) is 6.54 Å². The van der Waals surface area contributed by atoms with E-state index >= 15 is 0 Å². The van der Waals surface area contributed by atoms with Crippen LogP contribution in [0.25, 0.3) is 27.8 Å². The minimum atomic E-state index is -0.279. The number of halogens is 1. The third kappa shape index (κ3) is 4.44. The molecule has 0 saturated carbocycles. The molecule has 168 valence electrons. The molecule has 0 spiro atoms. The number of rotatable bonds is 6. The lowest BCUT2D eigenvalue weighted by molar-refractivity contribution is 0.628. The highest BCUT2D eigenvalue weighted by Crippen LogP contribution is 2.27. The monoisotopic (exact) mass is 468 g/mol. The Morgan fingerprint density at radius 1 is 1.00 bits per heavy atom. The average molecular weight is 469 g/mol. The number of para-hydroxylation sites is 2. The average Bonchev–Trinajstić information content (AvgIpc) is 3.42. The van der Waals surface area contributed by atoms with Gasteiger partial charge in [0.2, 0.25) is 0 Å². The summed E-state index contributed by atoms with van der Waals surface area (Å²) < 4.78 is 17.6. The van der Waals surface area contributed by atoms with Crippen molar-refractivity contribution in [2.24, 2.45) is 10.8 Å². The molecular formula is C26H21FN6S. The van der Waals surface area contributed by atoms with Crippen molar-refractivity contribution in [2.75, 3.05) is 0 Å². The van der Waals surface area contributed by atoms with Crippen LogP contribution >= 0.6 is 12.2 Å². The number of nitrogens with two attached hydrogens (primary N) is 1. The van der Waals surface area contributed by atoms with Gasteiger partial charge in [-0.2, -0.15) is 10.2 Å². The van der Waals surface area contributed by atoms with Gasteiger partial charge in [0.25, 0.3) is 0 Å². The summed E-state index contributed by atoms with van der Waals surface area (Å²) in [6.45, 7) is 0.566. The number of nitrogens with zero attached hydrogens (tertiary/aromatic N) is 4. The minimum absolute atomic E-state index is 0.109. The van der Waals surface area contributed by atoms with Crippen LogP contribution < -0.4 is 11.2 Å². The molecular weight excluding hydrogens is 447 g/mol. The van der Waals surface area contributed by atoms with Crippen molar-refractivity contribution in [3.05, 3.63) is 108 Å². The van der Waals surface area contributed by atoms with Gasteiger partial charge in [0, 0.05) is 40.0 Å². The van der Waals surface area contributed by atoms with E-state index in [-0.39, 0.29) is 10.9 Å². The molecule has 0 atom stereocenters. The molecule has 3 N–H and O–H groups in total. The number of thiocarbonyl (C=S) groups is 1. The summed E-state index contributed by atoms with van der Waals surface area (Å²) in [5.74, 6) is -0.279. The predicted molar refractivity (Wildman–Crippen MR) is 138 cm³/mol. The highest BCUT2D eigenvalue weighted by atomic mass is 32.1. The second-order valence-electron chi connectivity index (χ2n) is 7.75. The molecule has 0 unspecified atom stereocenters. The van der Waals surface area contributed by atoms with Gasteiger partial charge in [-0.3, -0.25) is 5.43 Å². The maximum absolute atomic E-state index is 13.6. The normalized spacial score (nSPS) is 11.3. The van der Waals surface area contributed by atoms with Crippen molar-refractivity contribution < 1.29 is 4.39 Å². The lowest BCUT2D eigenvalue weighted by atomic mass is 10.1. The number of benzene rings is 3. The van der Waals surface area contributed by atoms with Crippen LogP contribution in [0.3, 0.4) is 0 Å². The van der Waals surface area contributed by atoms with Crippen LogP contribution in [0, 0.1) is 5.82 Å². The van der Waals surface area contributed by atoms with Gasteiger partial charge in [0.05, 0.1) is 24.1 Å². The van der Waals surface area contributed by atoms with E-state index in [9.17, 15) is 4.39 Å². The first-order valence-electron chi connectivity index (χ1n) is 10.6. The van der Waals surface area contributed by atoms with Crippen LogP contribution in [0.15, 0.2) is 96.4 Å². The first-order chi connectivity index (χ1) is 16.6. The summed E-state index contributed by atoms with van der Waals surface area (Å²) >= 11 is 4.83. The summed E-state index contributed by atoms with van der Waals surface area (Å²) in [6, 6.07) is 24.4. The predicted octanol–water partition coefficient (Wildman–Crippen LogP) is 4.85. The first-order valence-corrected chi connectivity index (χ1v) is 11.1. The van der Waals surface area contributed by atoms with E-state index in [1.54, 1.807) is 18.3 Å². The van der Waals surface area contributed by atoms with Crippen molar-refractivity contribution in [1.29, 1.82) is 0 Å². The Kier molecular flexibility index (Phi) is 5.88. The molecule has 2 heterocycles. The molecule has 34 heavy (non-hydrogen) atoms. The fraction of sp³-hybridized carbons (Fsp3) is 0.0385. The number of fused-ring (bicyclic) bond motifs is 1. The largest absolute Gasteiger partial charge is 0.375 e. The number of hydrogen-bond donors (Lipinski definition) is 2. The maximum atomic E-state index is 13.6. The van der Waals surface area contributed by atoms with Crippen LogP contribution in [0.2, 0.25) is 0 Å². The molecule has 0 aliphatic carbocycles. The molecule has 2 aromatic heterocycles. The number of nitrogens with one attached hydrogen (secondary N) is 1. The number of aromatic nitrogens is 3. The Bertz CT molecular complexity index is 1490. The zero-order chi connectivity index (χ0) is 23.5. The van der Waals surface area contributed by atoms with Crippen molar-refractivity contribution in [3.8, 4) is 16.9 Å². The van der Waals surface area contributed by atoms with Gasteiger partial charge >= 0.3 is 0 Å². The van der Waals surface area contributed by atoms with E-state index < -0.39 is 0 Å². The van der Waals surface area contributed by atoms with E-state index in [4.69, 9.17) is 23.1 Å². The summed E-state index contributed by atoms with van der Waals surface area (Å²) in [5.41, 5.74) is 13.7. The molecule has 3 aromatic carbocycles. The van der Waals surface area contributed by atoms with E-state index in [0.717, 1.165) is 39.0 Å². The standard InChI is InChI=1S/C26H21FN6S/c27-21-12-10-18(11-13-21)25-20(17-33(31-25)22-6-2-1-3-7-22)16-32-15-19(14-29-30-26(28)34)23-8-4-5-9-24(23)32/h1-15,17H,16H2,(H3,28,30,34)/b29-14+. The minimum Gasteiger partial charge on any atom is -0.375 e. The maximum Gasteiger partial charge on any atom is 0.184 e. The Hall–Kier alpha value is -4.30. The third-order valence-corrected chi connectivity index (χ3v) is 5.56. The Morgan fingerprint density at radius 2 is 1.74 bits per heavy atom. The van der Waals surface area contributed by atoms with Gasteiger partial charge < -0.3 is 10.3 Å². The highest BCUT2D eigenvalue weighted by molar-refractivity contribution is 7.80. The van der Waals surface area contributed by atoms with Gasteiger partial charge in [0.1, 0.15) is 5.82 Å². The van der Waals surface area contributed by atoms with Crippen LogP contribution in [0.4, 0.5) is 4.39 Å². The Labute approximate surface area is 201 Å². The van der Waals surface area contributed by atoms with Crippen LogP contribution in [-0.4, -0.2) is 25.7 Å². The van der Waals surface area contributed by atoms with Gasteiger partial charge in [-0.1, -0.05) is 36.4 Å². The lowest BCUT2D eigenvalue weighted by Gasteiger charge is -2.06. The summed E-state index contributed by atoms with van der Waals surface area (Å²) in [7, 11) is 0. The van der Waals surface area contributed by atoms with E-state index in [0.29, 0.717) is 6.54 Å². The molecule has 6 nitrogen and oxygen atoms in total. The van der Waals surface area contributed by atoms with Gasteiger partial charge in [-0.15, -0.1) is 0 Å². The van der Waals surface area contributed by atoms with Crippen LogP contribution in [0.1, 0.15) is 11.1 Å². The molecule has 0 bridgehead atoms. The van der Waals surface area contributed by atoms with Crippen molar-refractivity contribution >= 4 is 34.4 Å². The fourth-order valence-electron chi connectivity index (χ4n) is 3.95. The van der Waals surface area contributed by atoms with Gasteiger partial charge in [0.15, 0.2) is 5.11 Å². The van der Waals surface area contributed by atoms with Gasteiger partial charge in [-0.25, -0.2) is 9.07 Å². The third-order valence-electron chi connectivity index (χ3n) is 5.47. The summed E-state index contributed by atoms with van der Waals surface area (Å²) in [5, 5.41) is 10.1. The molecule has 0 aliphatic rings. The molecule has 0 saturated heterocycles. The second kappa shape index (κ2) is 9.29. The number of hydrazone groups is 1.